The number of H-pyrrole nitrogens is 1. The van der Waals surface area contributed by atoms with Gasteiger partial charge in [-0.15, -0.1) is 11.3 Å². The van der Waals surface area contributed by atoms with Crippen LogP contribution in [-0.4, -0.2) is 30.1 Å². The number of carbonyl (C=O) groups is 1. The maximum atomic E-state index is 12.1. The summed E-state index contributed by atoms with van der Waals surface area (Å²) in [6, 6.07) is 9.16. The van der Waals surface area contributed by atoms with Gasteiger partial charge in [-0.05, 0) is 12.1 Å². The van der Waals surface area contributed by atoms with Crippen molar-refractivity contribution in [2.24, 2.45) is 0 Å². The van der Waals surface area contributed by atoms with Crippen molar-refractivity contribution < 1.29 is 9.63 Å². The molecule has 20 heavy (non-hydrogen) atoms. The average molecular weight is 288 g/mol. The molecule has 2 heterocycles. The van der Waals surface area contributed by atoms with E-state index in [1.54, 1.807) is 6.07 Å². The number of hydroxylamine groups is 2. The van der Waals surface area contributed by atoms with Gasteiger partial charge < -0.3 is 4.98 Å². The standard InChI is InChI=1S/C14H12N2O3S/c1-16(19-2)14(18)11-7-9-12(20-11)8-5-3-4-6-10(8)15-13(9)17/h3-7H,1-2H3,(H,15,17). The molecule has 6 heteroatoms. The number of nitrogens with one attached hydrogen (secondary N) is 1. The summed E-state index contributed by atoms with van der Waals surface area (Å²) < 4.78 is 0.817. The van der Waals surface area contributed by atoms with Crippen LogP contribution >= 0.6 is 11.3 Å². The maximum absolute atomic E-state index is 12.1. The van der Waals surface area contributed by atoms with Gasteiger partial charge in [0.05, 0.1) is 17.4 Å². The largest absolute Gasteiger partial charge is 0.321 e. The van der Waals surface area contributed by atoms with Crippen molar-refractivity contribution in [2.45, 2.75) is 0 Å². The van der Waals surface area contributed by atoms with Crippen LogP contribution in [0.4, 0.5) is 0 Å². The third-order valence-electron chi connectivity index (χ3n) is 3.17. The molecule has 0 aliphatic rings. The molecule has 0 atom stereocenters. The van der Waals surface area contributed by atoms with Crippen molar-refractivity contribution >= 4 is 38.2 Å². The Morgan fingerprint density at radius 3 is 2.80 bits per heavy atom. The summed E-state index contributed by atoms with van der Waals surface area (Å²) in [5, 5.41) is 2.61. The molecule has 3 aromatic rings. The summed E-state index contributed by atoms with van der Waals surface area (Å²) in [5.41, 5.74) is 0.583. The zero-order chi connectivity index (χ0) is 14.3. The summed E-state index contributed by atoms with van der Waals surface area (Å²) in [7, 11) is 2.96. The van der Waals surface area contributed by atoms with Crippen molar-refractivity contribution in [1.29, 1.82) is 0 Å². The van der Waals surface area contributed by atoms with Crippen LogP contribution in [-0.2, 0) is 4.84 Å². The lowest BCUT2D eigenvalue weighted by atomic mass is 10.2. The van der Waals surface area contributed by atoms with Crippen molar-refractivity contribution in [3.63, 3.8) is 0 Å². The SMILES string of the molecule is CON(C)C(=O)c1cc2c(=O)[nH]c3ccccc3c2s1. The van der Waals surface area contributed by atoms with E-state index in [1.807, 2.05) is 24.3 Å². The number of hydrogen-bond acceptors (Lipinski definition) is 4. The lowest BCUT2D eigenvalue weighted by molar-refractivity contribution is -0.0753. The number of nitrogens with zero attached hydrogens (tertiary/aromatic N) is 1. The predicted octanol–water partition coefficient (Wildman–Crippen LogP) is 2.38. The van der Waals surface area contributed by atoms with E-state index in [9.17, 15) is 9.59 Å². The molecular weight excluding hydrogens is 276 g/mol. The smallest absolute Gasteiger partial charge is 0.287 e. The highest BCUT2D eigenvalue weighted by atomic mass is 32.1. The molecule has 0 bridgehead atoms. The first-order chi connectivity index (χ1) is 9.61. The Kier molecular flexibility index (Phi) is 3.04. The summed E-state index contributed by atoms with van der Waals surface area (Å²) >= 11 is 1.30. The van der Waals surface area contributed by atoms with E-state index < -0.39 is 0 Å². The van der Waals surface area contributed by atoms with Crippen LogP contribution in [0.3, 0.4) is 0 Å². The number of benzene rings is 1. The molecule has 0 radical (unpaired) electrons. The molecule has 0 spiro atoms. The number of fused-ring (bicyclic) bond motifs is 3. The van der Waals surface area contributed by atoms with Gasteiger partial charge in [0.25, 0.3) is 11.5 Å². The number of aromatic amines is 1. The molecule has 1 N–H and O–H groups in total. The summed E-state index contributed by atoms with van der Waals surface area (Å²) in [6.07, 6.45) is 0. The number of carbonyl (C=O) groups excluding carboxylic acids is 1. The number of para-hydroxylation sites is 1. The topological polar surface area (TPSA) is 62.4 Å². The molecule has 3 rings (SSSR count). The van der Waals surface area contributed by atoms with Crippen LogP contribution in [0, 0.1) is 0 Å². The highest BCUT2D eigenvalue weighted by molar-refractivity contribution is 7.21. The van der Waals surface area contributed by atoms with Crippen molar-refractivity contribution in [3.05, 3.63) is 45.6 Å². The van der Waals surface area contributed by atoms with Crippen LogP contribution < -0.4 is 5.56 Å². The molecule has 5 nitrogen and oxygen atoms in total. The lowest BCUT2D eigenvalue weighted by Gasteiger charge is -2.11. The maximum Gasteiger partial charge on any atom is 0.287 e. The highest BCUT2D eigenvalue weighted by Gasteiger charge is 2.17. The minimum atomic E-state index is -0.266. The summed E-state index contributed by atoms with van der Waals surface area (Å²) in [6.45, 7) is 0. The fraction of sp³-hybridized carbons (Fsp3) is 0.143. The van der Waals surface area contributed by atoms with E-state index in [2.05, 4.69) is 4.98 Å². The molecule has 1 aromatic carbocycles. The van der Waals surface area contributed by atoms with Gasteiger partial charge in [-0.1, -0.05) is 18.2 Å². The average Bonchev–Trinajstić information content (AvgIpc) is 2.91. The lowest BCUT2D eigenvalue weighted by Crippen LogP contribution is -2.24. The normalized spacial score (nSPS) is 11.1. The molecule has 0 saturated carbocycles. The third kappa shape index (κ3) is 1.90. The Morgan fingerprint density at radius 1 is 1.30 bits per heavy atom. The Balaban J connectivity index is 2.30. The number of pyridine rings is 1. The first kappa shape index (κ1) is 12.8. The molecule has 1 amide bonds. The van der Waals surface area contributed by atoms with E-state index >= 15 is 0 Å². The molecule has 0 aliphatic carbocycles. The zero-order valence-corrected chi connectivity index (χ0v) is 11.8. The second kappa shape index (κ2) is 4.73. The Bertz CT molecular complexity index is 866. The monoisotopic (exact) mass is 288 g/mol. The molecule has 102 valence electrons. The van der Waals surface area contributed by atoms with Gasteiger partial charge in [0, 0.05) is 22.7 Å². The van der Waals surface area contributed by atoms with E-state index in [4.69, 9.17) is 4.84 Å². The number of amides is 1. The van der Waals surface area contributed by atoms with Crippen LogP contribution in [0.5, 0.6) is 0 Å². The summed E-state index contributed by atoms with van der Waals surface area (Å²) in [5.74, 6) is -0.266. The molecule has 2 aromatic heterocycles. The number of thiophene rings is 1. The Morgan fingerprint density at radius 2 is 2.05 bits per heavy atom. The third-order valence-corrected chi connectivity index (χ3v) is 4.32. The van der Waals surface area contributed by atoms with Crippen molar-refractivity contribution in [3.8, 4) is 0 Å². The fourth-order valence-corrected chi connectivity index (χ4v) is 3.25. The van der Waals surface area contributed by atoms with Gasteiger partial charge in [-0.25, -0.2) is 5.06 Å². The predicted molar refractivity (Wildman–Crippen MR) is 79.1 cm³/mol. The van der Waals surface area contributed by atoms with E-state index in [-0.39, 0.29) is 11.5 Å². The fourth-order valence-electron chi connectivity index (χ4n) is 2.08. The van der Waals surface area contributed by atoms with E-state index in [1.165, 1.54) is 25.5 Å². The Labute approximate surface area is 118 Å². The van der Waals surface area contributed by atoms with Gasteiger partial charge in [-0.2, -0.15) is 0 Å². The highest BCUT2D eigenvalue weighted by Crippen LogP contribution is 2.29. The van der Waals surface area contributed by atoms with E-state index in [0.29, 0.717) is 10.3 Å². The number of rotatable bonds is 2. The molecule has 0 saturated heterocycles. The first-order valence-corrected chi connectivity index (χ1v) is 6.80. The quantitative estimate of drug-likeness (QED) is 0.736. The second-order valence-electron chi connectivity index (χ2n) is 4.34. The Hall–Kier alpha value is -2.18. The number of hydrogen-bond donors (Lipinski definition) is 1. The minimum absolute atomic E-state index is 0.186. The molecule has 0 fully saturated rings. The van der Waals surface area contributed by atoms with Gasteiger partial charge in [0.2, 0.25) is 0 Å². The zero-order valence-electron chi connectivity index (χ0n) is 11.0. The molecular formula is C14H12N2O3S. The van der Waals surface area contributed by atoms with Crippen LogP contribution in [0.1, 0.15) is 9.67 Å². The summed E-state index contributed by atoms with van der Waals surface area (Å²) in [4.78, 5) is 32.3. The molecule has 0 unspecified atom stereocenters. The van der Waals surface area contributed by atoms with Crippen molar-refractivity contribution in [2.75, 3.05) is 14.2 Å². The van der Waals surface area contributed by atoms with Gasteiger partial charge in [-0.3, -0.25) is 14.4 Å². The number of aromatic nitrogens is 1. The van der Waals surface area contributed by atoms with Gasteiger partial charge >= 0.3 is 0 Å². The van der Waals surface area contributed by atoms with Crippen molar-refractivity contribution in [1.82, 2.24) is 10.0 Å². The molecule has 0 aliphatic heterocycles. The van der Waals surface area contributed by atoms with E-state index in [0.717, 1.165) is 20.7 Å². The second-order valence-corrected chi connectivity index (χ2v) is 5.39. The van der Waals surface area contributed by atoms with Gasteiger partial charge in [0.1, 0.15) is 0 Å². The van der Waals surface area contributed by atoms with Crippen LogP contribution in [0.15, 0.2) is 35.1 Å². The first-order valence-electron chi connectivity index (χ1n) is 5.98. The van der Waals surface area contributed by atoms with Crippen LogP contribution in [0.25, 0.3) is 21.0 Å². The van der Waals surface area contributed by atoms with Gasteiger partial charge in [0.15, 0.2) is 0 Å². The minimum Gasteiger partial charge on any atom is -0.321 e. The van der Waals surface area contributed by atoms with Crippen LogP contribution in [0.2, 0.25) is 0 Å².